The number of benzene rings is 1. The van der Waals surface area contributed by atoms with Gasteiger partial charge in [0.2, 0.25) is 5.89 Å². The Kier molecular flexibility index (Phi) is 2.91. The van der Waals surface area contributed by atoms with Gasteiger partial charge in [-0.3, -0.25) is 0 Å². The average Bonchev–Trinajstić information content (AvgIpc) is 2.65. The summed E-state index contributed by atoms with van der Waals surface area (Å²) in [7, 11) is 0. The normalized spacial score (nSPS) is 10.5. The number of hydrogen-bond donors (Lipinski definition) is 1. The first kappa shape index (κ1) is 10.0. The Balaban J connectivity index is 2.11. The average molecular weight is 221 g/mol. The van der Waals surface area contributed by atoms with Gasteiger partial charge in [0, 0.05) is 4.90 Å². The number of nitrogens with zero attached hydrogens (tertiary/aromatic N) is 2. The van der Waals surface area contributed by atoms with Crippen LogP contribution in [0.15, 0.2) is 33.6 Å². The zero-order chi connectivity index (χ0) is 10.7. The van der Waals surface area contributed by atoms with Gasteiger partial charge in [-0.25, -0.2) is 0 Å². The van der Waals surface area contributed by atoms with Gasteiger partial charge in [0.15, 0.2) is 0 Å². The van der Waals surface area contributed by atoms with E-state index in [2.05, 4.69) is 22.3 Å². The topological polar surface area (TPSA) is 64.9 Å². The molecule has 0 aliphatic rings. The Hall–Kier alpha value is -1.49. The number of thioether (sulfide) groups is 1. The SMILES string of the molecule is CSc1ccc(Cc2nnc(N)o2)cc1. The summed E-state index contributed by atoms with van der Waals surface area (Å²) in [5.74, 6) is 0.546. The molecule has 0 saturated carbocycles. The van der Waals surface area contributed by atoms with Gasteiger partial charge in [0.1, 0.15) is 0 Å². The summed E-state index contributed by atoms with van der Waals surface area (Å²) in [5.41, 5.74) is 6.47. The highest BCUT2D eigenvalue weighted by atomic mass is 32.2. The molecule has 1 aromatic heterocycles. The molecule has 2 N–H and O–H groups in total. The molecule has 1 aromatic carbocycles. The van der Waals surface area contributed by atoms with Crippen molar-refractivity contribution in [3.63, 3.8) is 0 Å². The second-order valence-electron chi connectivity index (χ2n) is 3.06. The lowest BCUT2D eigenvalue weighted by atomic mass is 10.1. The minimum Gasteiger partial charge on any atom is -0.408 e. The van der Waals surface area contributed by atoms with E-state index in [9.17, 15) is 0 Å². The molecular formula is C10H11N3OS. The third-order valence-electron chi connectivity index (χ3n) is 2.00. The fourth-order valence-corrected chi connectivity index (χ4v) is 1.66. The van der Waals surface area contributed by atoms with Crippen molar-refractivity contribution in [1.29, 1.82) is 0 Å². The largest absolute Gasteiger partial charge is 0.408 e. The molecule has 4 nitrogen and oxygen atoms in total. The fraction of sp³-hybridized carbons (Fsp3) is 0.200. The standard InChI is InChI=1S/C10H11N3OS/c1-15-8-4-2-7(3-5-8)6-9-12-13-10(11)14-9/h2-5H,6H2,1H3,(H2,11,13). The maximum absolute atomic E-state index is 5.33. The lowest BCUT2D eigenvalue weighted by Gasteiger charge is -1.98. The first-order valence-electron chi connectivity index (χ1n) is 4.48. The summed E-state index contributed by atoms with van der Waals surface area (Å²) in [6, 6.07) is 8.35. The van der Waals surface area contributed by atoms with E-state index < -0.39 is 0 Å². The van der Waals surface area contributed by atoms with Crippen LogP contribution in [0.2, 0.25) is 0 Å². The number of rotatable bonds is 3. The summed E-state index contributed by atoms with van der Waals surface area (Å²) in [5, 5.41) is 7.41. The second kappa shape index (κ2) is 4.35. The van der Waals surface area contributed by atoms with E-state index in [4.69, 9.17) is 10.2 Å². The van der Waals surface area contributed by atoms with Gasteiger partial charge in [0.25, 0.3) is 0 Å². The molecule has 2 aromatic rings. The Bertz CT molecular complexity index is 438. The summed E-state index contributed by atoms with van der Waals surface area (Å²) >= 11 is 1.72. The van der Waals surface area contributed by atoms with Crippen LogP contribution in [0.4, 0.5) is 6.01 Å². The van der Waals surface area contributed by atoms with Gasteiger partial charge in [-0.15, -0.1) is 16.9 Å². The maximum atomic E-state index is 5.33. The monoisotopic (exact) mass is 221 g/mol. The summed E-state index contributed by atoms with van der Waals surface area (Å²) in [4.78, 5) is 1.24. The minimum atomic E-state index is 0.116. The number of hydrogen-bond acceptors (Lipinski definition) is 5. The van der Waals surface area contributed by atoms with E-state index in [-0.39, 0.29) is 6.01 Å². The third kappa shape index (κ3) is 2.50. The lowest BCUT2D eigenvalue weighted by Crippen LogP contribution is -1.88. The van der Waals surface area contributed by atoms with Gasteiger partial charge in [0.05, 0.1) is 6.42 Å². The molecule has 0 radical (unpaired) electrons. The van der Waals surface area contributed by atoms with Crippen LogP contribution in [0.25, 0.3) is 0 Å². The minimum absolute atomic E-state index is 0.116. The third-order valence-corrected chi connectivity index (χ3v) is 2.74. The van der Waals surface area contributed by atoms with E-state index in [1.165, 1.54) is 4.90 Å². The number of anilines is 1. The molecule has 0 aliphatic heterocycles. The first-order valence-corrected chi connectivity index (χ1v) is 5.71. The molecule has 0 aliphatic carbocycles. The molecule has 5 heteroatoms. The van der Waals surface area contributed by atoms with Crippen molar-refractivity contribution >= 4 is 17.8 Å². The van der Waals surface area contributed by atoms with Gasteiger partial charge in [-0.05, 0) is 24.0 Å². The molecular weight excluding hydrogens is 210 g/mol. The van der Waals surface area contributed by atoms with Crippen molar-refractivity contribution in [2.45, 2.75) is 11.3 Å². The second-order valence-corrected chi connectivity index (χ2v) is 3.94. The van der Waals surface area contributed by atoms with E-state index in [0.29, 0.717) is 12.3 Å². The Morgan fingerprint density at radius 3 is 2.53 bits per heavy atom. The van der Waals surface area contributed by atoms with Crippen LogP contribution in [0, 0.1) is 0 Å². The molecule has 0 amide bonds. The highest BCUT2D eigenvalue weighted by Crippen LogP contribution is 2.16. The summed E-state index contributed by atoms with van der Waals surface area (Å²) in [6.45, 7) is 0. The van der Waals surface area contributed by atoms with Crippen LogP contribution < -0.4 is 5.73 Å². The molecule has 0 fully saturated rings. The molecule has 78 valence electrons. The van der Waals surface area contributed by atoms with Gasteiger partial charge in [-0.2, -0.15) is 0 Å². The molecule has 15 heavy (non-hydrogen) atoms. The predicted molar refractivity (Wildman–Crippen MR) is 59.7 cm³/mol. The van der Waals surface area contributed by atoms with E-state index in [0.717, 1.165) is 5.56 Å². The molecule has 1 heterocycles. The number of aromatic nitrogens is 2. The first-order chi connectivity index (χ1) is 7.28. The maximum Gasteiger partial charge on any atom is 0.312 e. The number of nitrogen functional groups attached to an aromatic ring is 1. The zero-order valence-corrected chi connectivity index (χ0v) is 9.12. The Morgan fingerprint density at radius 1 is 1.27 bits per heavy atom. The molecule has 0 saturated heterocycles. The van der Waals surface area contributed by atoms with Crippen LogP contribution in [-0.4, -0.2) is 16.5 Å². The van der Waals surface area contributed by atoms with Crippen molar-refractivity contribution in [1.82, 2.24) is 10.2 Å². The molecule has 2 rings (SSSR count). The Morgan fingerprint density at radius 2 is 2.00 bits per heavy atom. The van der Waals surface area contributed by atoms with Crippen molar-refractivity contribution in [3.05, 3.63) is 35.7 Å². The molecule has 0 atom stereocenters. The van der Waals surface area contributed by atoms with Crippen LogP contribution >= 0.6 is 11.8 Å². The molecule has 0 bridgehead atoms. The molecule has 0 unspecified atom stereocenters. The smallest absolute Gasteiger partial charge is 0.312 e. The number of nitrogens with two attached hydrogens (primary N) is 1. The zero-order valence-electron chi connectivity index (χ0n) is 8.30. The quantitative estimate of drug-likeness (QED) is 0.803. The van der Waals surface area contributed by atoms with Crippen molar-refractivity contribution < 1.29 is 4.42 Å². The van der Waals surface area contributed by atoms with E-state index in [1.54, 1.807) is 11.8 Å². The molecule has 0 spiro atoms. The van der Waals surface area contributed by atoms with Gasteiger partial charge in [-0.1, -0.05) is 17.2 Å². The van der Waals surface area contributed by atoms with Gasteiger partial charge >= 0.3 is 6.01 Å². The van der Waals surface area contributed by atoms with E-state index in [1.807, 2.05) is 18.4 Å². The van der Waals surface area contributed by atoms with Crippen LogP contribution in [-0.2, 0) is 6.42 Å². The fourth-order valence-electron chi connectivity index (χ4n) is 1.26. The van der Waals surface area contributed by atoms with Crippen molar-refractivity contribution in [2.75, 3.05) is 12.0 Å². The predicted octanol–water partition coefficient (Wildman–Crippen LogP) is 1.96. The summed E-state index contributed by atoms with van der Waals surface area (Å²) < 4.78 is 5.09. The van der Waals surface area contributed by atoms with Crippen LogP contribution in [0.3, 0.4) is 0 Å². The van der Waals surface area contributed by atoms with E-state index >= 15 is 0 Å². The highest BCUT2D eigenvalue weighted by molar-refractivity contribution is 7.98. The van der Waals surface area contributed by atoms with Crippen LogP contribution in [0.1, 0.15) is 11.5 Å². The summed E-state index contributed by atoms with van der Waals surface area (Å²) in [6.07, 6.45) is 2.67. The lowest BCUT2D eigenvalue weighted by molar-refractivity contribution is 0.522. The highest BCUT2D eigenvalue weighted by Gasteiger charge is 2.03. The van der Waals surface area contributed by atoms with Crippen LogP contribution in [0.5, 0.6) is 0 Å². The van der Waals surface area contributed by atoms with Gasteiger partial charge < -0.3 is 10.2 Å². The Labute approximate surface area is 91.9 Å². The van der Waals surface area contributed by atoms with Crippen molar-refractivity contribution in [3.8, 4) is 0 Å². The van der Waals surface area contributed by atoms with Crippen molar-refractivity contribution in [2.24, 2.45) is 0 Å².